The molecule has 1 aromatic carbocycles. The van der Waals surface area contributed by atoms with Crippen molar-refractivity contribution in [2.45, 2.75) is 57.8 Å². The number of aromatic nitrogens is 3. The summed E-state index contributed by atoms with van der Waals surface area (Å²) < 4.78 is 43.2. The number of aryl methyl sites for hydroxylation is 2. The minimum absolute atomic E-state index is 0.0875. The molecule has 5 rings (SSSR count). The molecule has 2 atom stereocenters. The standard InChI is InChI=1S/C26H25BrF3N5O/c1-14-6-7-20-19(10-14)21(13-22(34-20)26(28,29)30)32-17-4-3-5-18(12-17)33-25(36)24-15(2)31-23-11-16(27)8-9-35(23)24/h6-11,13,17-18H,3-5,12H2,1-2H3,(H,32,34)(H,33,36)/t17-,18+/m0/s1. The predicted octanol–water partition coefficient (Wildman–Crippen LogP) is 6.43. The van der Waals surface area contributed by atoms with Crippen LogP contribution in [0, 0.1) is 13.8 Å². The molecule has 0 radical (unpaired) electrons. The van der Waals surface area contributed by atoms with Gasteiger partial charge in [0.2, 0.25) is 0 Å². The minimum atomic E-state index is -4.54. The minimum Gasteiger partial charge on any atom is -0.382 e. The van der Waals surface area contributed by atoms with E-state index in [2.05, 4.69) is 36.5 Å². The van der Waals surface area contributed by atoms with Crippen molar-refractivity contribution in [3.63, 3.8) is 0 Å². The molecule has 4 aromatic rings. The van der Waals surface area contributed by atoms with Gasteiger partial charge in [-0.3, -0.25) is 9.20 Å². The van der Waals surface area contributed by atoms with Gasteiger partial charge in [-0.15, -0.1) is 0 Å². The number of nitrogens with one attached hydrogen (secondary N) is 2. The summed E-state index contributed by atoms with van der Waals surface area (Å²) in [6.45, 7) is 3.70. The van der Waals surface area contributed by atoms with E-state index in [9.17, 15) is 18.0 Å². The van der Waals surface area contributed by atoms with Gasteiger partial charge in [-0.05, 0) is 69.9 Å². The molecule has 1 amide bonds. The van der Waals surface area contributed by atoms with E-state index in [1.807, 2.05) is 25.1 Å². The van der Waals surface area contributed by atoms with E-state index in [4.69, 9.17) is 0 Å². The van der Waals surface area contributed by atoms with Crippen molar-refractivity contribution in [1.29, 1.82) is 0 Å². The van der Waals surface area contributed by atoms with Crippen LogP contribution in [0.15, 0.2) is 47.1 Å². The van der Waals surface area contributed by atoms with Gasteiger partial charge in [-0.1, -0.05) is 27.6 Å². The molecule has 10 heteroatoms. The highest BCUT2D eigenvalue weighted by molar-refractivity contribution is 9.10. The maximum atomic E-state index is 13.5. The van der Waals surface area contributed by atoms with Gasteiger partial charge in [0, 0.05) is 33.8 Å². The summed E-state index contributed by atoms with van der Waals surface area (Å²) in [5, 5.41) is 7.11. The van der Waals surface area contributed by atoms with Crippen molar-refractivity contribution < 1.29 is 18.0 Å². The first kappa shape index (κ1) is 24.5. The Morgan fingerprint density at radius 3 is 2.64 bits per heavy atom. The van der Waals surface area contributed by atoms with Gasteiger partial charge in [0.05, 0.1) is 11.2 Å². The fraction of sp³-hybridized carbons (Fsp3) is 0.346. The molecule has 1 aliphatic carbocycles. The number of alkyl halides is 3. The third-order valence-corrected chi connectivity index (χ3v) is 7.09. The highest BCUT2D eigenvalue weighted by atomic mass is 79.9. The summed E-state index contributed by atoms with van der Waals surface area (Å²) in [7, 11) is 0. The van der Waals surface area contributed by atoms with Crippen molar-refractivity contribution >= 4 is 44.1 Å². The molecule has 1 aliphatic rings. The first-order chi connectivity index (χ1) is 17.1. The zero-order chi connectivity index (χ0) is 25.6. The second-order valence-corrected chi connectivity index (χ2v) is 10.3. The number of benzene rings is 1. The molecule has 3 aromatic heterocycles. The number of carbonyl (C=O) groups is 1. The van der Waals surface area contributed by atoms with Gasteiger partial charge >= 0.3 is 6.18 Å². The number of nitrogens with zero attached hydrogens (tertiary/aromatic N) is 3. The Kier molecular flexibility index (Phi) is 6.40. The fourth-order valence-corrected chi connectivity index (χ4v) is 5.26. The number of rotatable bonds is 4. The molecule has 36 heavy (non-hydrogen) atoms. The van der Waals surface area contributed by atoms with E-state index in [-0.39, 0.29) is 18.0 Å². The number of fused-ring (bicyclic) bond motifs is 2. The van der Waals surface area contributed by atoms with E-state index >= 15 is 0 Å². The molecule has 1 fully saturated rings. The molecule has 0 saturated heterocycles. The molecule has 3 heterocycles. The quantitative estimate of drug-likeness (QED) is 0.302. The van der Waals surface area contributed by atoms with Gasteiger partial charge in [-0.2, -0.15) is 13.2 Å². The Labute approximate surface area is 214 Å². The van der Waals surface area contributed by atoms with Gasteiger partial charge in [0.15, 0.2) is 0 Å². The van der Waals surface area contributed by atoms with Crippen LogP contribution in [0.3, 0.4) is 0 Å². The zero-order valence-corrected chi connectivity index (χ0v) is 21.4. The summed E-state index contributed by atoms with van der Waals surface area (Å²) in [5.74, 6) is -0.211. The molecule has 1 saturated carbocycles. The monoisotopic (exact) mass is 559 g/mol. The maximum Gasteiger partial charge on any atom is 0.433 e. The predicted molar refractivity (Wildman–Crippen MR) is 136 cm³/mol. The molecular formula is C26H25BrF3N5O. The number of carbonyl (C=O) groups excluding carboxylic acids is 1. The van der Waals surface area contributed by atoms with Crippen LogP contribution in [0.25, 0.3) is 16.6 Å². The van der Waals surface area contributed by atoms with Crippen LogP contribution in [0.2, 0.25) is 0 Å². The summed E-state index contributed by atoms with van der Waals surface area (Å²) in [5.41, 5.74) is 2.53. The Morgan fingerprint density at radius 1 is 1.08 bits per heavy atom. The van der Waals surface area contributed by atoms with Gasteiger partial charge in [0.1, 0.15) is 17.0 Å². The Balaban J connectivity index is 1.36. The highest BCUT2D eigenvalue weighted by Crippen LogP contribution is 2.35. The first-order valence-electron chi connectivity index (χ1n) is 11.8. The van der Waals surface area contributed by atoms with Crippen LogP contribution in [-0.4, -0.2) is 32.4 Å². The van der Waals surface area contributed by atoms with Crippen molar-refractivity contribution in [2.75, 3.05) is 5.32 Å². The number of amides is 1. The van der Waals surface area contributed by atoms with Crippen LogP contribution in [0.5, 0.6) is 0 Å². The highest BCUT2D eigenvalue weighted by Gasteiger charge is 2.34. The number of pyridine rings is 2. The Bertz CT molecular complexity index is 1470. The molecule has 0 bridgehead atoms. The molecule has 0 aliphatic heterocycles. The van der Waals surface area contributed by atoms with Crippen LogP contribution < -0.4 is 10.6 Å². The molecular weight excluding hydrogens is 535 g/mol. The van der Waals surface area contributed by atoms with Crippen LogP contribution in [0.1, 0.15) is 53.1 Å². The number of halogens is 4. The topological polar surface area (TPSA) is 71.3 Å². The normalized spacial score (nSPS) is 18.5. The maximum absolute atomic E-state index is 13.5. The smallest absolute Gasteiger partial charge is 0.382 e. The average Bonchev–Trinajstić information content (AvgIpc) is 3.13. The lowest BCUT2D eigenvalue weighted by molar-refractivity contribution is -0.140. The Morgan fingerprint density at radius 2 is 1.86 bits per heavy atom. The van der Waals surface area contributed by atoms with Crippen molar-refractivity contribution in [1.82, 2.24) is 19.7 Å². The summed E-state index contributed by atoms with van der Waals surface area (Å²) in [6, 6.07) is 9.80. The second kappa shape index (κ2) is 9.38. The van der Waals surface area contributed by atoms with E-state index in [1.165, 1.54) is 0 Å². The van der Waals surface area contributed by atoms with Crippen molar-refractivity contribution in [2.24, 2.45) is 0 Å². The summed E-state index contributed by atoms with van der Waals surface area (Å²) in [4.78, 5) is 21.5. The number of hydrogen-bond donors (Lipinski definition) is 2. The summed E-state index contributed by atoms with van der Waals surface area (Å²) >= 11 is 3.42. The number of anilines is 1. The van der Waals surface area contributed by atoms with Crippen LogP contribution in [-0.2, 0) is 6.18 Å². The number of hydrogen-bond acceptors (Lipinski definition) is 4. The van der Waals surface area contributed by atoms with Gasteiger partial charge in [0.25, 0.3) is 5.91 Å². The van der Waals surface area contributed by atoms with E-state index in [0.717, 1.165) is 35.4 Å². The number of imidazole rings is 1. The average molecular weight is 560 g/mol. The molecule has 2 N–H and O–H groups in total. The second-order valence-electron chi connectivity index (χ2n) is 9.37. The van der Waals surface area contributed by atoms with Gasteiger partial charge < -0.3 is 10.6 Å². The third kappa shape index (κ3) is 4.91. The molecule has 188 valence electrons. The lowest BCUT2D eigenvalue weighted by Crippen LogP contribution is -2.42. The SMILES string of the molecule is Cc1ccc2nc(C(F)(F)F)cc(N[C@H]3CCC[C@@H](NC(=O)c4c(C)nc5cc(Br)ccn45)C3)c2c1. The van der Waals surface area contributed by atoms with E-state index < -0.39 is 11.9 Å². The Hall–Kier alpha value is -3.14. The fourth-order valence-electron chi connectivity index (χ4n) is 4.94. The summed E-state index contributed by atoms with van der Waals surface area (Å²) in [6.07, 6.45) is 0.301. The largest absolute Gasteiger partial charge is 0.433 e. The van der Waals surface area contributed by atoms with Crippen LogP contribution >= 0.6 is 15.9 Å². The molecule has 6 nitrogen and oxygen atoms in total. The molecule has 0 spiro atoms. The third-order valence-electron chi connectivity index (χ3n) is 6.60. The zero-order valence-electron chi connectivity index (χ0n) is 19.8. The van der Waals surface area contributed by atoms with E-state index in [1.54, 1.807) is 29.7 Å². The van der Waals surface area contributed by atoms with Crippen molar-refractivity contribution in [3.8, 4) is 0 Å². The van der Waals surface area contributed by atoms with Crippen molar-refractivity contribution in [3.05, 3.63) is 69.7 Å². The lowest BCUT2D eigenvalue weighted by atomic mass is 9.90. The lowest BCUT2D eigenvalue weighted by Gasteiger charge is -2.31. The van der Waals surface area contributed by atoms with Gasteiger partial charge in [-0.25, -0.2) is 9.97 Å². The van der Waals surface area contributed by atoms with E-state index in [0.29, 0.717) is 40.0 Å². The van der Waals surface area contributed by atoms with Crippen LogP contribution in [0.4, 0.5) is 18.9 Å². The first-order valence-corrected chi connectivity index (χ1v) is 12.6. The molecule has 0 unspecified atom stereocenters.